The number of nitrogens with one attached hydrogen (secondary N) is 1. The quantitative estimate of drug-likeness (QED) is 0.796. The number of hydrogen-bond donors (Lipinski definition) is 1. The second kappa shape index (κ2) is 6.98. The Morgan fingerprint density at radius 1 is 0.955 bits per heavy atom. The molecule has 4 nitrogen and oxygen atoms in total. The molecule has 1 aliphatic rings. The lowest BCUT2D eigenvalue weighted by molar-refractivity contribution is -0.117. The van der Waals surface area contributed by atoms with Gasteiger partial charge in [0.15, 0.2) is 0 Å². The zero-order valence-electron chi connectivity index (χ0n) is 12.3. The summed E-state index contributed by atoms with van der Waals surface area (Å²) in [5, 5.41) is 2.91. The van der Waals surface area contributed by atoms with Crippen LogP contribution in [0.4, 0.5) is 5.69 Å². The van der Waals surface area contributed by atoms with Crippen molar-refractivity contribution in [2.24, 2.45) is 5.92 Å². The van der Waals surface area contributed by atoms with Crippen molar-refractivity contribution >= 4 is 11.6 Å². The van der Waals surface area contributed by atoms with E-state index in [4.69, 9.17) is 9.47 Å². The van der Waals surface area contributed by atoms with Crippen LogP contribution in [0.5, 0.6) is 11.5 Å². The van der Waals surface area contributed by atoms with E-state index in [-0.39, 0.29) is 11.8 Å². The van der Waals surface area contributed by atoms with Gasteiger partial charge in [0.05, 0.1) is 0 Å². The highest BCUT2D eigenvalue weighted by Crippen LogP contribution is 2.30. The predicted octanol–water partition coefficient (Wildman–Crippen LogP) is 3.49. The van der Waals surface area contributed by atoms with Crippen molar-refractivity contribution in [3.05, 3.63) is 54.6 Å². The minimum Gasteiger partial charge on any atom is -0.490 e. The highest BCUT2D eigenvalue weighted by Gasteiger charge is 2.29. The van der Waals surface area contributed by atoms with E-state index in [0.717, 1.165) is 30.0 Å². The fraction of sp³-hybridized carbons (Fsp3) is 0.278. The number of rotatable bonds is 7. The second-order valence-corrected chi connectivity index (χ2v) is 5.30. The Bertz CT molecular complexity index is 623. The number of carbonyl (C=O) groups excluding carboxylic acids is 1. The van der Waals surface area contributed by atoms with Gasteiger partial charge in [-0.3, -0.25) is 4.79 Å². The molecule has 0 heterocycles. The SMILES string of the molecule is O=C(Nc1cccc(OCCOc2ccccc2)c1)C1CC1. The summed E-state index contributed by atoms with van der Waals surface area (Å²) in [5.41, 5.74) is 0.776. The highest BCUT2D eigenvalue weighted by atomic mass is 16.5. The molecule has 0 radical (unpaired) electrons. The maximum absolute atomic E-state index is 11.7. The lowest BCUT2D eigenvalue weighted by Gasteiger charge is -2.10. The van der Waals surface area contributed by atoms with E-state index in [0.29, 0.717) is 13.2 Å². The first-order valence-corrected chi connectivity index (χ1v) is 7.53. The Hall–Kier alpha value is -2.49. The van der Waals surface area contributed by atoms with Crippen molar-refractivity contribution < 1.29 is 14.3 Å². The fourth-order valence-electron chi connectivity index (χ4n) is 2.09. The number of anilines is 1. The molecule has 0 atom stereocenters. The summed E-state index contributed by atoms with van der Waals surface area (Å²) >= 11 is 0. The minimum absolute atomic E-state index is 0.101. The van der Waals surface area contributed by atoms with Gasteiger partial charge in [-0.15, -0.1) is 0 Å². The number of hydrogen-bond acceptors (Lipinski definition) is 3. The average molecular weight is 297 g/mol. The fourth-order valence-corrected chi connectivity index (χ4v) is 2.09. The lowest BCUT2D eigenvalue weighted by atomic mass is 10.3. The van der Waals surface area contributed by atoms with Crippen LogP contribution in [0.25, 0.3) is 0 Å². The highest BCUT2D eigenvalue weighted by molar-refractivity contribution is 5.94. The van der Waals surface area contributed by atoms with E-state index < -0.39 is 0 Å². The number of amides is 1. The van der Waals surface area contributed by atoms with Crippen molar-refractivity contribution in [2.45, 2.75) is 12.8 Å². The topological polar surface area (TPSA) is 47.6 Å². The van der Waals surface area contributed by atoms with Crippen LogP contribution in [-0.4, -0.2) is 19.1 Å². The second-order valence-electron chi connectivity index (χ2n) is 5.30. The molecule has 22 heavy (non-hydrogen) atoms. The van der Waals surface area contributed by atoms with Crippen LogP contribution in [0, 0.1) is 5.92 Å². The van der Waals surface area contributed by atoms with Gasteiger partial charge in [-0.05, 0) is 37.1 Å². The van der Waals surface area contributed by atoms with Gasteiger partial charge >= 0.3 is 0 Å². The van der Waals surface area contributed by atoms with Crippen LogP contribution in [-0.2, 0) is 4.79 Å². The number of para-hydroxylation sites is 1. The van der Waals surface area contributed by atoms with Gasteiger partial charge in [0.1, 0.15) is 24.7 Å². The van der Waals surface area contributed by atoms with Gasteiger partial charge in [0.25, 0.3) is 0 Å². The van der Waals surface area contributed by atoms with E-state index in [1.165, 1.54) is 0 Å². The first-order valence-electron chi connectivity index (χ1n) is 7.53. The smallest absolute Gasteiger partial charge is 0.227 e. The number of ether oxygens (including phenoxy) is 2. The molecule has 1 saturated carbocycles. The van der Waals surface area contributed by atoms with E-state index >= 15 is 0 Å². The standard InChI is InChI=1S/C18H19NO3/c20-18(14-9-10-14)19-15-5-4-8-17(13-15)22-12-11-21-16-6-2-1-3-7-16/h1-8,13-14H,9-12H2,(H,19,20). The molecule has 2 aromatic rings. The summed E-state index contributed by atoms with van der Waals surface area (Å²) in [6, 6.07) is 17.1. The molecule has 0 bridgehead atoms. The molecule has 0 spiro atoms. The Labute approximate surface area is 130 Å². The number of benzene rings is 2. The molecule has 0 saturated heterocycles. The van der Waals surface area contributed by atoms with Crippen LogP contribution in [0.3, 0.4) is 0 Å². The van der Waals surface area contributed by atoms with Crippen LogP contribution in [0.15, 0.2) is 54.6 Å². The molecule has 0 aromatic heterocycles. The largest absolute Gasteiger partial charge is 0.490 e. The number of carbonyl (C=O) groups is 1. The lowest BCUT2D eigenvalue weighted by Crippen LogP contribution is -2.13. The van der Waals surface area contributed by atoms with E-state index in [9.17, 15) is 4.79 Å². The van der Waals surface area contributed by atoms with Crippen molar-refractivity contribution in [2.75, 3.05) is 18.5 Å². The Morgan fingerprint density at radius 3 is 2.36 bits per heavy atom. The zero-order chi connectivity index (χ0) is 15.2. The maximum Gasteiger partial charge on any atom is 0.227 e. The van der Waals surface area contributed by atoms with E-state index in [1.807, 2.05) is 54.6 Å². The van der Waals surface area contributed by atoms with Gasteiger partial charge in [-0.1, -0.05) is 24.3 Å². The van der Waals surface area contributed by atoms with Crippen LogP contribution >= 0.6 is 0 Å². The molecule has 4 heteroatoms. The molecule has 1 amide bonds. The normalized spacial score (nSPS) is 13.5. The third-order valence-corrected chi connectivity index (χ3v) is 3.41. The summed E-state index contributed by atoms with van der Waals surface area (Å²) < 4.78 is 11.2. The molecule has 1 N–H and O–H groups in total. The van der Waals surface area contributed by atoms with Gasteiger partial charge < -0.3 is 14.8 Å². The molecule has 0 aliphatic heterocycles. The summed E-state index contributed by atoms with van der Waals surface area (Å²) in [5.74, 6) is 1.86. The van der Waals surface area contributed by atoms with Gasteiger partial charge in [0.2, 0.25) is 5.91 Å². The van der Waals surface area contributed by atoms with Crippen LogP contribution in [0.2, 0.25) is 0 Å². The molecule has 114 valence electrons. The third-order valence-electron chi connectivity index (χ3n) is 3.41. The molecule has 3 rings (SSSR count). The van der Waals surface area contributed by atoms with Crippen molar-refractivity contribution in [3.8, 4) is 11.5 Å². The Kier molecular flexibility index (Phi) is 4.59. The summed E-state index contributed by atoms with van der Waals surface area (Å²) in [6.45, 7) is 0.928. The molecule has 1 fully saturated rings. The predicted molar refractivity (Wildman–Crippen MR) is 85.2 cm³/mol. The average Bonchev–Trinajstić information content (AvgIpc) is 3.38. The Balaban J connectivity index is 1.45. The first-order chi connectivity index (χ1) is 10.8. The van der Waals surface area contributed by atoms with Crippen LogP contribution in [0.1, 0.15) is 12.8 Å². The monoisotopic (exact) mass is 297 g/mol. The van der Waals surface area contributed by atoms with Crippen LogP contribution < -0.4 is 14.8 Å². The zero-order valence-corrected chi connectivity index (χ0v) is 12.3. The summed E-state index contributed by atoms with van der Waals surface area (Å²) in [6.07, 6.45) is 2.00. The van der Waals surface area contributed by atoms with Gasteiger partial charge in [-0.25, -0.2) is 0 Å². The molecule has 2 aromatic carbocycles. The third kappa shape index (κ3) is 4.25. The van der Waals surface area contributed by atoms with Gasteiger partial charge in [0, 0.05) is 17.7 Å². The maximum atomic E-state index is 11.7. The van der Waals surface area contributed by atoms with Crippen molar-refractivity contribution in [1.82, 2.24) is 0 Å². The van der Waals surface area contributed by atoms with Crippen molar-refractivity contribution in [1.29, 1.82) is 0 Å². The molecular weight excluding hydrogens is 278 g/mol. The van der Waals surface area contributed by atoms with Gasteiger partial charge in [-0.2, -0.15) is 0 Å². The van der Waals surface area contributed by atoms with E-state index in [1.54, 1.807) is 0 Å². The Morgan fingerprint density at radius 2 is 1.64 bits per heavy atom. The minimum atomic E-state index is 0.101. The molecule has 0 unspecified atom stereocenters. The summed E-state index contributed by atoms with van der Waals surface area (Å²) in [4.78, 5) is 11.7. The van der Waals surface area contributed by atoms with Crippen molar-refractivity contribution in [3.63, 3.8) is 0 Å². The molecule has 1 aliphatic carbocycles. The molecular formula is C18H19NO3. The van der Waals surface area contributed by atoms with E-state index in [2.05, 4.69) is 5.32 Å². The first kappa shape index (κ1) is 14.4. The summed E-state index contributed by atoms with van der Waals surface area (Å²) in [7, 11) is 0.